The van der Waals surface area contributed by atoms with E-state index in [1.165, 1.54) is 19.2 Å². The minimum Gasteiger partial charge on any atom is -0.497 e. The van der Waals surface area contributed by atoms with Gasteiger partial charge in [0.25, 0.3) is 0 Å². The fourth-order valence-corrected chi connectivity index (χ4v) is 3.87. The van der Waals surface area contributed by atoms with Crippen LogP contribution in [0.2, 0.25) is 0 Å². The summed E-state index contributed by atoms with van der Waals surface area (Å²) in [5, 5.41) is 5.07. The number of rotatable bonds is 8. The number of alkyl halides is 3. The van der Waals surface area contributed by atoms with E-state index in [1.807, 2.05) is 0 Å². The summed E-state index contributed by atoms with van der Waals surface area (Å²) in [5.74, 6) is -2.04. The van der Waals surface area contributed by atoms with Crippen LogP contribution in [0.25, 0.3) is 16.6 Å². The maximum Gasteiger partial charge on any atom is 0.449 e. The molecule has 0 bridgehead atoms. The monoisotopic (exact) mass is 486 g/mol. The molecule has 2 atom stereocenters. The first kappa shape index (κ1) is 24.3. The van der Waals surface area contributed by atoms with Gasteiger partial charge in [-0.1, -0.05) is 19.1 Å². The number of fused-ring (bicyclic) bond motifs is 1. The topological polar surface area (TPSA) is 53.4 Å². The number of hydrogen-bond donors (Lipinski definition) is 0. The molecule has 182 valence electrons. The van der Waals surface area contributed by atoms with E-state index < -0.39 is 30.4 Å². The lowest BCUT2D eigenvalue weighted by atomic mass is 9.92. The normalized spacial score (nSPS) is 13.4. The quantitative estimate of drug-likeness (QED) is 0.269. The number of carbonyl (C=O) groups is 1. The number of aromatic nitrogens is 2. The van der Waals surface area contributed by atoms with Gasteiger partial charge in [-0.2, -0.15) is 18.3 Å². The van der Waals surface area contributed by atoms with Gasteiger partial charge in [0.05, 0.1) is 24.5 Å². The Morgan fingerprint density at radius 2 is 1.77 bits per heavy atom. The molecular weight excluding hydrogens is 464 g/mol. The highest BCUT2D eigenvalue weighted by Crippen LogP contribution is 2.35. The molecule has 9 heteroatoms. The van der Waals surface area contributed by atoms with Gasteiger partial charge in [-0.25, -0.2) is 9.07 Å². The van der Waals surface area contributed by atoms with Gasteiger partial charge in [0.15, 0.2) is 0 Å². The Hall–Kier alpha value is -3.88. The van der Waals surface area contributed by atoms with Crippen LogP contribution < -0.4 is 9.47 Å². The summed E-state index contributed by atoms with van der Waals surface area (Å²) in [5.41, 5.74) is 1.99. The molecule has 1 heterocycles. The summed E-state index contributed by atoms with van der Waals surface area (Å²) in [4.78, 5) is 11.7. The summed E-state index contributed by atoms with van der Waals surface area (Å²) in [6.07, 6.45) is -4.87. The smallest absolute Gasteiger partial charge is 0.449 e. The van der Waals surface area contributed by atoms with Crippen LogP contribution in [0, 0.1) is 11.7 Å². The molecule has 0 radical (unpaired) electrons. The second-order valence-electron chi connectivity index (χ2n) is 8.17. The number of ketones is 1. The van der Waals surface area contributed by atoms with E-state index in [-0.39, 0.29) is 5.82 Å². The zero-order valence-corrected chi connectivity index (χ0v) is 18.9. The Morgan fingerprint density at radius 3 is 2.46 bits per heavy atom. The van der Waals surface area contributed by atoms with Crippen molar-refractivity contribution in [1.29, 1.82) is 0 Å². The number of hydrogen-bond acceptors (Lipinski definition) is 4. The molecule has 35 heavy (non-hydrogen) atoms. The van der Waals surface area contributed by atoms with Gasteiger partial charge in [-0.05, 0) is 60.2 Å². The van der Waals surface area contributed by atoms with Crippen molar-refractivity contribution in [3.63, 3.8) is 0 Å². The van der Waals surface area contributed by atoms with Crippen molar-refractivity contribution in [1.82, 2.24) is 9.78 Å². The Labute approximate surface area is 198 Å². The summed E-state index contributed by atoms with van der Waals surface area (Å²) in [7, 11) is 1.48. The Morgan fingerprint density at radius 1 is 1.03 bits per heavy atom. The van der Waals surface area contributed by atoms with Crippen molar-refractivity contribution >= 4 is 16.7 Å². The Bertz CT molecular complexity index is 1330. The maximum atomic E-state index is 13.3. The van der Waals surface area contributed by atoms with Crippen LogP contribution in [0.15, 0.2) is 72.9 Å². The van der Waals surface area contributed by atoms with Crippen LogP contribution >= 0.6 is 0 Å². The zero-order valence-electron chi connectivity index (χ0n) is 18.9. The molecule has 0 aliphatic carbocycles. The first-order chi connectivity index (χ1) is 16.7. The van der Waals surface area contributed by atoms with Crippen LogP contribution in [-0.2, 0) is 4.79 Å². The number of benzene rings is 3. The molecule has 0 spiro atoms. The third-order valence-corrected chi connectivity index (χ3v) is 5.64. The molecule has 5 nitrogen and oxygen atoms in total. The van der Waals surface area contributed by atoms with Crippen molar-refractivity contribution in [2.24, 2.45) is 5.92 Å². The lowest BCUT2D eigenvalue weighted by Gasteiger charge is -2.26. The Kier molecular flexibility index (Phi) is 6.77. The number of halogens is 4. The standard InChI is InChI=1S/C26H22F4N2O3/c1-16(12-24(33)26(28,29)30)25(17-4-3-5-21(13-17)34-2)35-22-10-11-23-18(14-22)15-31-32(23)20-8-6-19(27)7-9-20/h3-11,13-16,25H,12H2,1-2H3/t16-,25+/m1/s1. The van der Waals surface area contributed by atoms with Crippen LogP contribution in [0.3, 0.4) is 0 Å². The molecule has 0 unspecified atom stereocenters. The fraction of sp³-hybridized carbons (Fsp3) is 0.231. The molecular formula is C26H22F4N2O3. The highest BCUT2D eigenvalue weighted by Gasteiger charge is 2.40. The van der Waals surface area contributed by atoms with Gasteiger partial charge in [0.2, 0.25) is 5.78 Å². The molecule has 0 aliphatic rings. The van der Waals surface area contributed by atoms with Crippen molar-refractivity contribution in [3.05, 3.63) is 84.3 Å². The van der Waals surface area contributed by atoms with Crippen LogP contribution in [-0.4, -0.2) is 28.8 Å². The van der Waals surface area contributed by atoms with Gasteiger partial charge in [0, 0.05) is 17.7 Å². The van der Waals surface area contributed by atoms with Gasteiger partial charge >= 0.3 is 6.18 Å². The van der Waals surface area contributed by atoms with Crippen molar-refractivity contribution in [2.75, 3.05) is 7.11 Å². The SMILES string of the molecule is COc1cccc([C@@H](Oc2ccc3c(cnn3-c3ccc(F)cc3)c2)[C@H](C)CC(=O)C(F)(F)F)c1. The van der Waals surface area contributed by atoms with Crippen LogP contribution in [0.1, 0.15) is 25.0 Å². The lowest BCUT2D eigenvalue weighted by molar-refractivity contribution is -0.172. The fourth-order valence-electron chi connectivity index (χ4n) is 3.87. The van der Waals surface area contributed by atoms with Crippen LogP contribution in [0.5, 0.6) is 11.5 Å². The molecule has 0 saturated carbocycles. The summed E-state index contributed by atoms with van der Waals surface area (Å²) >= 11 is 0. The van der Waals surface area contributed by atoms with Gasteiger partial charge in [-0.15, -0.1) is 0 Å². The third-order valence-electron chi connectivity index (χ3n) is 5.64. The van der Waals surface area contributed by atoms with E-state index in [4.69, 9.17) is 9.47 Å². The van der Waals surface area contributed by atoms with E-state index in [0.717, 1.165) is 10.9 Å². The highest BCUT2D eigenvalue weighted by atomic mass is 19.4. The van der Waals surface area contributed by atoms with Crippen molar-refractivity contribution in [3.8, 4) is 17.2 Å². The van der Waals surface area contributed by atoms with Crippen molar-refractivity contribution in [2.45, 2.75) is 25.6 Å². The van der Waals surface area contributed by atoms with E-state index in [0.29, 0.717) is 22.7 Å². The van der Waals surface area contributed by atoms with Gasteiger partial charge in [0.1, 0.15) is 23.4 Å². The van der Waals surface area contributed by atoms with Gasteiger partial charge < -0.3 is 9.47 Å². The molecule has 1 aromatic heterocycles. The summed E-state index contributed by atoms with van der Waals surface area (Å²) in [6, 6.07) is 17.8. The average Bonchev–Trinajstić information content (AvgIpc) is 3.25. The van der Waals surface area contributed by atoms with E-state index >= 15 is 0 Å². The van der Waals surface area contributed by atoms with E-state index in [9.17, 15) is 22.4 Å². The molecule has 0 N–H and O–H groups in total. The first-order valence-electron chi connectivity index (χ1n) is 10.8. The second-order valence-corrected chi connectivity index (χ2v) is 8.17. The van der Waals surface area contributed by atoms with E-state index in [1.54, 1.807) is 72.4 Å². The summed E-state index contributed by atoms with van der Waals surface area (Å²) < 4.78 is 65.1. The number of ether oxygens (including phenoxy) is 2. The minimum atomic E-state index is -4.92. The predicted octanol–water partition coefficient (Wildman–Crippen LogP) is 6.45. The highest BCUT2D eigenvalue weighted by molar-refractivity contribution is 5.84. The lowest BCUT2D eigenvalue weighted by Crippen LogP contribution is -2.28. The molecule has 0 amide bonds. The third kappa shape index (κ3) is 5.45. The number of methoxy groups -OCH3 is 1. The first-order valence-corrected chi connectivity index (χ1v) is 10.8. The molecule has 0 saturated heterocycles. The predicted molar refractivity (Wildman–Crippen MR) is 122 cm³/mol. The molecule has 0 fully saturated rings. The zero-order chi connectivity index (χ0) is 25.2. The number of Topliss-reactive ketones (excluding diaryl/α,β-unsaturated/α-hetero) is 1. The summed E-state index contributed by atoms with van der Waals surface area (Å²) in [6.45, 7) is 1.54. The minimum absolute atomic E-state index is 0.359. The van der Waals surface area contributed by atoms with Crippen molar-refractivity contribution < 1.29 is 31.8 Å². The van der Waals surface area contributed by atoms with E-state index in [2.05, 4.69) is 5.10 Å². The number of carbonyl (C=O) groups excluding carboxylic acids is 1. The molecule has 0 aliphatic heterocycles. The molecule has 4 aromatic rings. The number of nitrogens with zero attached hydrogens (tertiary/aromatic N) is 2. The van der Waals surface area contributed by atoms with Crippen LogP contribution in [0.4, 0.5) is 17.6 Å². The largest absolute Gasteiger partial charge is 0.497 e. The maximum absolute atomic E-state index is 13.3. The Balaban J connectivity index is 1.65. The second kappa shape index (κ2) is 9.77. The average molecular weight is 486 g/mol. The molecule has 4 rings (SSSR count). The molecule has 3 aromatic carbocycles. The van der Waals surface area contributed by atoms with Gasteiger partial charge in [-0.3, -0.25) is 4.79 Å².